The maximum absolute atomic E-state index is 12.9. The van der Waals surface area contributed by atoms with Gasteiger partial charge < -0.3 is 10.6 Å². The average Bonchev–Trinajstić information content (AvgIpc) is 2.36. The summed E-state index contributed by atoms with van der Waals surface area (Å²) in [5, 5.41) is 4.77. The Balaban J connectivity index is 2.16. The first-order chi connectivity index (χ1) is 10.3. The number of rotatable bonds is 2. The summed E-state index contributed by atoms with van der Waals surface area (Å²) in [6.45, 7) is 3.74. The fourth-order valence-corrected chi connectivity index (χ4v) is 2.17. The van der Waals surface area contributed by atoms with Crippen LogP contribution in [0.4, 0.5) is 29.3 Å². The van der Waals surface area contributed by atoms with E-state index in [0.29, 0.717) is 5.69 Å². The quantitative estimate of drug-likeness (QED) is 0.808. The molecule has 0 saturated heterocycles. The highest BCUT2D eigenvalue weighted by molar-refractivity contribution is 6.00. The van der Waals surface area contributed by atoms with Gasteiger partial charge in [-0.05, 0) is 49.2 Å². The van der Waals surface area contributed by atoms with Gasteiger partial charge >= 0.3 is 12.2 Å². The van der Waals surface area contributed by atoms with Crippen molar-refractivity contribution >= 4 is 17.4 Å². The van der Waals surface area contributed by atoms with Crippen molar-refractivity contribution in [1.29, 1.82) is 0 Å². The lowest BCUT2D eigenvalue weighted by Crippen LogP contribution is -2.21. The highest BCUT2D eigenvalue weighted by Crippen LogP contribution is 2.34. The summed E-state index contributed by atoms with van der Waals surface area (Å²) in [6, 6.07) is 9.53. The van der Waals surface area contributed by atoms with Crippen molar-refractivity contribution in [1.82, 2.24) is 0 Å². The fourth-order valence-electron chi connectivity index (χ4n) is 2.17. The molecule has 6 heteroatoms. The molecule has 2 rings (SSSR count). The molecule has 116 valence electrons. The Kier molecular flexibility index (Phi) is 4.40. The van der Waals surface area contributed by atoms with Crippen LogP contribution in [0.25, 0.3) is 0 Å². The molecular weight excluding hydrogens is 293 g/mol. The lowest BCUT2D eigenvalue weighted by atomic mass is 10.1. The molecule has 0 bridgehead atoms. The third kappa shape index (κ3) is 4.00. The van der Waals surface area contributed by atoms with Gasteiger partial charge in [0.2, 0.25) is 0 Å². The molecule has 0 radical (unpaired) electrons. The number of hydrogen-bond acceptors (Lipinski definition) is 1. The molecule has 0 saturated carbocycles. The van der Waals surface area contributed by atoms with E-state index < -0.39 is 17.8 Å². The lowest BCUT2D eigenvalue weighted by Gasteiger charge is -2.14. The SMILES string of the molecule is Cc1cc(C)cc(NC(=O)Nc2ccccc2C(F)(F)F)c1. The van der Waals surface area contributed by atoms with E-state index in [1.807, 2.05) is 19.9 Å². The predicted octanol–water partition coefficient (Wildman–Crippen LogP) is 4.97. The Morgan fingerprint density at radius 1 is 0.955 bits per heavy atom. The number of amides is 2. The zero-order valence-corrected chi connectivity index (χ0v) is 12.1. The predicted molar refractivity (Wildman–Crippen MR) is 80.0 cm³/mol. The van der Waals surface area contributed by atoms with E-state index in [0.717, 1.165) is 17.2 Å². The molecule has 0 aliphatic heterocycles. The Morgan fingerprint density at radius 3 is 2.14 bits per heavy atom. The molecule has 0 fully saturated rings. The third-order valence-electron chi connectivity index (χ3n) is 2.96. The maximum Gasteiger partial charge on any atom is 0.418 e. The number of benzene rings is 2. The van der Waals surface area contributed by atoms with Gasteiger partial charge in [-0.15, -0.1) is 0 Å². The summed E-state index contributed by atoms with van der Waals surface area (Å²) >= 11 is 0. The van der Waals surface area contributed by atoms with E-state index in [9.17, 15) is 18.0 Å². The lowest BCUT2D eigenvalue weighted by molar-refractivity contribution is -0.136. The molecule has 2 aromatic rings. The molecule has 0 heterocycles. The first kappa shape index (κ1) is 15.9. The number of aryl methyl sites for hydroxylation is 2. The van der Waals surface area contributed by atoms with Crippen LogP contribution in [0.5, 0.6) is 0 Å². The van der Waals surface area contributed by atoms with Crippen molar-refractivity contribution in [3.63, 3.8) is 0 Å². The second-order valence-corrected chi connectivity index (χ2v) is 5.00. The summed E-state index contributed by atoms with van der Waals surface area (Å²) in [6.07, 6.45) is -4.52. The van der Waals surface area contributed by atoms with Crippen molar-refractivity contribution in [2.45, 2.75) is 20.0 Å². The zero-order chi connectivity index (χ0) is 16.3. The van der Waals surface area contributed by atoms with E-state index in [1.54, 1.807) is 12.1 Å². The topological polar surface area (TPSA) is 41.1 Å². The van der Waals surface area contributed by atoms with Gasteiger partial charge in [-0.2, -0.15) is 13.2 Å². The number of nitrogens with one attached hydrogen (secondary N) is 2. The number of carbonyl (C=O) groups is 1. The molecule has 0 unspecified atom stereocenters. The number of hydrogen-bond donors (Lipinski definition) is 2. The minimum Gasteiger partial charge on any atom is -0.308 e. The van der Waals surface area contributed by atoms with Crippen LogP contribution in [0.2, 0.25) is 0 Å². The molecule has 0 spiro atoms. The summed E-state index contributed by atoms with van der Waals surface area (Å²) in [4.78, 5) is 11.9. The molecule has 3 nitrogen and oxygen atoms in total. The van der Waals surface area contributed by atoms with Gasteiger partial charge in [0.25, 0.3) is 0 Å². The molecule has 2 aromatic carbocycles. The summed E-state index contributed by atoms with van der Waals surface area (Å²) < 4.78 is 38.6. The summed E-state index contributed by atoms with van der Waals surface area (Å²) in [5.74, 6) is 0. The van der Waals surface area contributed by atoms with E-state index in [4.69, 9.17) is 0 Å². The number of para-hydroxylation sites is 1. The molecule has 0 aliphatic rings. The van der Waals surface area contributed by atoms with Crippen LogP contribution in [-0.2, 0) is 6.18 Å². The molecule has 0 aromatic heterocycles. The van der Waals surface area contributed by atoms with Crippen molar-refractivity contribution in [3.05, 3.63) is 59.2 Å². The van der Waals surface area contributed by atoms with E-state index in [2.05, 4.69) is 10.6 Å². The van der Waals surface area contributed by atoms with Gasteiger partial charge in [0.05, 0.1) is 11.3 Å². The van der Waals surface area contributed by atoms with Crippen LogP contribution in [0.1, 0.15) is 16.7 Å². The largest absolute Gasteiger partial charge is 0.418 e. The average molecular weight is 308 g/mol. The Morgan fingerprint density at radius 2 is 1.55 bits per heavy atom. The van der Waals surface area contributed by atoms with Crippen molar-refractivity contribution in [2.75, 3.05) is 10.6 Å². The highest BCUT2D eigenvalue weighted by Gasteiger charge is 2.33. The Bertz CT molecular complexity index is 676. The number of anilines is 2. The summed E-state index contributed by atoms with van der Waals surface area (Å²) in [5.41, 5.74) is 1.26. The smallest absolute Gasteiger partial charge is 0.308 e. The van der Waals surface area contributed by atoms with Gasteiger partial charge in [0.15, 0.2) is 0 Å². The number of carbonyl (C=O) groups excluding carboxylic acids is 1. The molecule has 0 atom stereocenters. The first-order valence-corrected chi connectivity index (χ1v) is 6.58. The molecule has 0 aliphatic carbocycles. The normalized spacial score (nSPS) is 11.1. The van der Waals surface area contributed by atoms with Crippen LogP contribution >= 0.6 is 0 Å². The van der Waals surface area contributed by atoms with Gasteiger partial charge in [0.1, 0.15) is 0 Å². The highest BCUT2D eigenvalue weighted by atomic mass is 19.4. The molecular formula is C16H15F3N2O. The number of halogens is 3. The van der Waals surface area contributed by atoms with Crippen molar-refractivity contribution in [3.8, 4) is 0 Å². The van der Waals surface area contributed by atoms with Crippen LogP contribution in [0.15, 0.2) is 42.5 Å². The van der Waals surface area contributed by atoms with Crippen molar-refractivity contribution in [2.24, 2.45) is 0 Å². The van der Waals surface area contributed by atoms with Gasteiger partial charge in [-0.25, -0.2) is 4.79 Å². The van der Waals surface area contributed by atoms with Gasteiger partial charge in [0, 0.05) is 5.69 Å². The van der Waals surface area contributed by atoms with E-state index in [1.165, 1.54) is 18.2 Å². The number of alkyl halides is 3. The van der Waals surface area contributed by atoms with E-state index in [-0.39, 0.29) is 5.69 Å². The van der Waals surface area contributed by atoms with Gasteiger partial charge in [-0.3, -0.25) is 0 Å². The second-order valence-electron chi connectivity index (χ2n) is 5.00. The van der Waals surface area contributed by atoms with E-state index >= 15 is 0 Å². The fraction of sp³-hybridized carbons (Fsp3) is 0.188. The van der Waals surface area contributed by atoms with Crippen LogP contribution < -0.4 is 10.6 Å². The molecule has 2 amide bonds. The second kappa shape index (κ2) is 6.09. The third-order valence-corrected chi connectivity index (χ3v) is 2.96. The molecule has 2 N–H and O–H groups in total. The van der Waals surface area contributed by atoms with Gasteiger partial charge in [-0.1, -0.05) is 18.2 Å². The monoisotopic (exact) mass is 308 g/mol. The standard InChI is InChI=1S/C16H15F3N2O/c1-10-7-11(2)9-12(8-10)20-15(22)21-14-6-4-3-5-13(14)16(17,18)19/h3-9H,1-2H3,(H2,20,21,22). The summed E-state index contributed by atoms with van der Waals surface area (Å²) in [7, 11) is 0. The minimum atomic E-state index is -4.52. The Hall–Kier alpha value is -2.50. The van der Waals surface area contributed by atoms with Crippen LogP contribution in [0.3, 0.4) is 0 Å². The van der Waals surface area contributed by atoms with Crippen LogP contribution in [0, 0.1) is 13.8 Å². The van der Waals surface area contributed by atoms with Crippen molar-refractivity contribution < 1.29 is 18.0 Å². The minimum absolute atomic E-state index is 0.281. The number of urea groups is 1. The Labute approximate surface area is 126 Å². The first-order valence-electron chi connectivity index (χ1n) is 6.58. The van der Waals surface area contributed by atoms with Crippen LogP contribution in [-0.4, -0.2) is 6.03 Å². The molecule has 22 heavy (non-hydrogen) atoms. The zero-order valence-electron chi connectivity index (χ0n) is 12.1. The maximum atomic E-state index is 12.9.